The Bertz CT molecular complexity index is 1170. The third-order valence-corrected chi connectivity index (χ3v) is 4.87. The minimum Gasteiger partial charge on any atom is -0.493 e. The van der Waals surface area contributed by atoms with Crippen LogP contribution in [-0.4, -0.2) is 45.6 Å². The number of nitrogens with zero attached hydrogens (tertiary/aromatic N) is 5. The summed E-state index contributed by atoms with van der Waals surface area (Å²) in [6, 6.07) is 5.91. The number of nitrogens with one attached hydrogen (secondary N) is 1. The van der Waals surface area contributed by atoms with E-state index in [2.05, 4.69) is 25.6 Å². The van der Waals surface area contributed by atoms with Crippen LogP contribution in [-0.2, 0) is 13.0 Å². The van der Waals surface area contributed by atoms with E-state index in [1.165, 1.54) is 0 Å². The number of benzene rings is 1. The van der Waals surface area contributed by atoms with Crippen LogP contribution < -0.4 is 20.5 Å². The minimum atomic E-state index is 0.205. The molecule has 10 heteroatoms. The van der Waals surface area contributed by atoms with Crippen LogP contribution in [0.25, 0.3) is 22.6 Å². The number of anilines is 2. The van der Waals surface area contributed by atoms with Gasteiger partial charge in [0.15, 0.2) is 28.8 Å². The van der Waals surface area contributed by atoms with Crippen LogP contribution in [0.4, 0.5) is 11.5 Å². The topological polar surface area (TPSA) is 126 Å². The second-order valence-electron chi connectivity index (χ2n) is 6.60. The summed E-state index contributed by atoms with van der Waals surface area (Å²) in [5, 5.41) is 11.0. The van der Waals surface area contributed by atoms with E-state index in [1.807, 2.05) is 29.7 Å². The van der Waals surface area contributed by atoms with Gasteiger partial charge in [-0.05, 0) is 41.4 Å². The van der Waals surface area contributed by atoms with E-state index in [-0.39, 0.29) is 5.82 Å². The highest BCUT2D eigenvalue weighted by Gasteiger charge is 2.20. The van der Waals surface area contributed by atoms with Gasteiger partial charge in [0.1, 0.15) is 5.52 Å². The Morgan fingerprint density at radius 1 is 1.13 bits per heavy atom. The van der Waals surface area contributed by atoms with Crippen molar-refractivity contribution in [2.45, 2.75) is 19.9 Å². The van der Waals surface area contributed by atoms with Gasteiger partial charge in [0.25, 0.3) is 0 Å². The molecule has 0 radical (unpaired) electrons. The number of fused-ring (bicyclic) bond motifs is 1. The fourth-order valence-electron chi connectivity index (χ4n) is 3.43. The van der Waals surface area contributed by atoms with Gasteiger partial charge in [-0.15, -0.1) is 0 Å². The summed E-state index contributed by atoms with van der Waals surface area (Å²) in [4.78, 5) is 8.96. The summed E-state index contributed by atoms with van der Waals surface area (Å²) in [5.41, 5.74) is 9.97. The number of ether oxygens (including phenoxy) is 2. The molecule has 0 amide bonds. The molecule has 0 fully saturated rings. The number of rotatable bonds is 8. The van der Waals surface area contributed by atoms with Crippen molar-refractivity contribution in [1.29, 1.82) is 0 Å². The number of methoxy groups -OCH3 is 2. The van der Waals surface area contributed by atoms with Crippen LogP contribution in [0.3, 0.4) is 0 Å². The molecule has 3 N–H and O–H groups in total. The summed E-state index contributed by atoms with van der Waals surface area (Å²) in [7, 11) is 3.26. The Morgan fingerprint density at radius 3 is 2.67 bits per heavy atom. The lowest BCUT2D eigenvalue weighted by Crippen LogP contribution is -2.08. The second kappa shape index (κ2) is 8.27. The van der Waals surface area contributed by atoms with E-state index in [9.17, 15) is 0 Å². The molecule has 3 heterocycles. The van der Waals surface area contributed by atoms with Gasteiger partial charge >= 0.3 is 0 Å². The molecule has 0 saturated carbocycles. The van der Waals surface area contributed by atoms with Crippen LogP contribution in [0.5, 0.6) is 11.5 Å². The van der Waals surface area contributed by atoms with E-state index in [4.69, 9.17) is 19.8 Å². The smallest absolute Gasteiger partial charge is 0.199 e. The van der Waals surface area contributed by atoms with Gasteiger partial charge in [-0.3, -0.25) is 4.98 Å². The van der Waals surface area contributed by atoms with Gasteiger partial charge in [-0.1, -0.05) is 6.07 Å². The maximum Gasteiger partial charge on any atom is 0.199 e. The molecule has 1 aromatic carbocycles. The molecule has 3 aromatic heterocycles. The monoisotopic (exact) mass is 409 g/mol. The lowest BCUT2D eigenvalue weighted by Gasteiger charge is -2.12. The number of hydrogen-bond donors (Lipinski definition) is 2. The number of aryl methyl sites for hydroxylation is 1. The first-order valence-electron chi connectivity index (χ1n) is 9.53. The molecule has 0 aliphatic carbocycles. The van der Waals surface area contributed by atoms with E-state index in [1.54, 1.807) is 26.6 Å². The highest BCUT2D eigenvalue weighted by atomic mass is 16.6. The molecule has 156 valence electrons. The number of aromatic nitrogens is 5. The first-order chi connectivity index (χ1) is 14.7. The molecule has 0 aliphatic heterocycles. The van der Waals surface area contributed by atoms with Crippen molar-refractivity contribution in [3.8, 4) is 23.0 Å². The highest BCUT2D eigenvalue weighted by molar-refractivity contribution is 5.90. The van der Waals surface area contributed by atoms with E-state index in [0.29, 0.717) is 36.1 Å². The lowest BCUT2D eigenvalue weighted by atomic mass is 10.1. The number of pyridine rings is 1. The fraction of sp³-hybridized carbons (Fsp3) is 0.300. The molecule has 4 rings (SSSR count). The van der Waals surface area contributed by atoms with E-state index in [0.717, 1.165) is 28.7 Å². The van der Waals surface area contributed by atoms with Crippen molar-refractivity contribution in [2.75, 3.05) is 31.8 Å². The molecule has 0 unspecified atom stereocenters. The average molecular weight is 409 g/mol. The molecular formula is C20H23N7O3. The van der Waals surface area contributed by atoms with Crippen LogP contribution in [0.2, 0.25) is 0 Å². The Balaban J connectivity index is 1.59. The predicted molar refractivity (Wildman–Crippen MR) is 113 cm³/mol. The molecule has 0 atom stereocenters. The van der Waals surface area contributed by atoms with Crippen molar-refractivity contribution < 1.29 is 14.1 Å². The molecule has 0 spiro atoms. The van der Waals surface area contributed by atoms with Gasteiger partial charge in [0.05, 0.1) is 37.8 Å². The van der Waals surface area contributed by atoms with Gasteiger partial charge in [-0.2, -0.15) is 0 Å². The maximum absolute atomic E-state index is 5.87. The van der Waals surface area contributed by atoms with Gasteiger partial charge in [0, 0.05) is 13.1 Å². The number of imidazole rings is 1. The van der Waals surface area contributed by atoms with Gasteiger partial charge in [0.2, 0.25) is 0 Å². The van der Waals surface area contributed by atoms with E-state index >= 15 is 0 Å². The quantitative estimate of drug-likeness (QED) is 0.451. The Hall–Kier alpha value is -3.82. The van der Waals surface area contributed by atoms with Crippen molar-refractivity contribution in [3.63, 3.8) is 0 Å². The fourth-order valence-corrected chi connectivity index (χ4v) is 3.43. The third-order valence-electron chi connectivity index (χ3n) is 4.87. The SMILES string of the molecule is CCn1c(-c2nonc2N)nc2cncc(NCCc3ccc(OC)c(OC)c3)c21. The molecule has 30 heavy (non-hydrogen) atoms. The van der Waals surface area contributed by atoms with E-state index < -0.39 is 0 Å². The zero-order chi connectivity index (χ0) is 21.1. The number of nitrogens with two attached hydrogens (primary N) is 1. The van der Waals surface area contributed by atoms with Crippen molar-refractivity contribution >= 4 is 22.5 Å². The summed E-state index contributed by atoms with van der Waals surface area (Å²) in [6.45, 7) is 3.41. The normalized spacial score (nSPS) is 11.0. The zero-order valence-electron chi connectivity index (χ0n) is 17.0. The summed E-state index contributed by atoms with van der Waals surface area (Å²) < 4.78 is 17.4. The second-order valence-corrected chi connectivity index (χ2v) is 6.60. The van der Waals surface area contributed by atoms with Gasteiger partial charge in [-0.25, -0.2) is 9.61 Å². The number of nitrogen functional groups attached to an aromatic ring is 1. The van der Waals surface area contributed by atoms with Crippen molar-refractivity contribution in [2.24, 2.45) is 0 Å². The van der Waals surface area contributed by atoms with Crippen LogP contribution in [0.1, 0.15) is 12.5 Å². The van der Waals surface area contributed by atoms with Crippen molar-refractivity contribution in [1.82, 2.24) is 24.8 Å². The first kappa shape index (κ1) is 19.5. The molecule has 10 nitrogen and oxygen atoms in total. The van der Waals surface area contributed by atoms with Crippen LogP contribution >= 0.6 is 0 Å². The lowest BCUT2D eigenvalue weighted by molar-refractivity contribution is 0.310. The minimum absolute atomic E-state index is 0.205. The van der Waals surface area contributed by atoms with Crippen LogP contribution in [0, 0.1) is 0 Å². The third kappa shape index (κ3) is 3.47. The zero-order valence-corrected chi connectivity index (χ0v) is 17.0. The first-order valence-corrected chi connectivity index (χ1v) is 9.53. The van der Waals surface area contributed by atoms with Crippen molar-refractivity contribution in [3.05, 3.63) is 36.2 Å². The molecule has 4 aromatic rings. The largest absolute Gasteiger partial charge is 0.493 e. The highest BCUT2D eigenvalue weighted by Crippen LogP contribution is 2.31. The molecule has 0 saturated heterocycles. The molecule has 0 aliphatic rings. The predicted octanol–water partition coefficient (Wildman–Crippen LogP) is 2.76. The average Bonchev–Trinajstić information content (AvgIpc) is 3.36. The number of hydrogen-bond acceptors (Lipinski definition) is 9. The Morgan fingerprint density at radius 2 is 1.97 bits per heavy atom. The Labute approximate surface area is 173 Å². The summed E-state index contributed by atoms with van der Waals surface area (Å²) >= 11 is 0. The maximum atomic E-state index is 5.87. The standard InChI is InChI=1S/C20H23N7O3/c1-4-27-18-13(23-8-7-12-5-6-15(28-2)16(9-12)29-3)10-22-11-14(18)24-20(27)17-19(21)26-30-25-17/h5-6,9-11,23H,4,7-8H2,1-3H3,(H2,21,26). The Kier molecular flexibility index (Phi) is 5.38. The summed E-state index contributed by atoms with van der Waals surface area (Å²) in [6.07, 6.45) is 4.30. The van der Waals surface area contributed by atoms with Crippen LogP contribution in [0.15, 0.2) is 35.2 Å². The molecule has 0 bridgehead atoms. The van der Waals surface area contributed by atoms with Gasteiger partial charge < -0.3 is 25.1 Å². The summed E-state index contributed by atoms with van der Waals surface area (Å²) in [5.74, 6) is 2.23. The molecular weight excluding hydrogens is 386 g/mol.